The molecule has 0 atom stereocenters. The van der Waals surface area contributed by atoms with Crippen LogP contribution in [0.5, 0.6) is 5.75 Å². The first-order valence-corrected chi connectivity index (χ1v) is 6.63. The maximum absolute atomic E-state index is 5.76. The van der Waals surface area contributed by atoms with Crippen molar-refractivity contribution in [3.05, 3.63) is 24.3 Å². The molecule has 0 heterocycles. The zero-order chi connectivity index (χ0) is 13.6. The second-order valence-corrected chi connectivity index (χ2v) is 5.77. The van der Waals surface area contributed by atoms with E-state index in [9.17, 15) is 0 Å². The summed E-state index contributed by atoms with van der Waals surface area (Å²) < 4.78 is 5.76. The Bertz CT molecular complexity index is 356. The molecule has 18 heavy (non-hydrogen) atoms. The van der Waals surface area contributed by atoms with E-state index in [2.05, 4.69) is 37.5 Å². The molecule has 102 valence electrons. The van der Waals surface area contributed by atoms with Crippen LogP contribution in [0.25, 0.3) is 0 Å². The average Bonchev–Trinajstić information content (AvgIpc) is 2.24. The first-order valence-electron chi connectivity index (χ1n) is 6.63. The Morgan fingerprint density at radius 2 is 1.78 bits per heavy atom. The van der Waals surface area contributed by atoms with Crippen LogP contribution in [0.3, 0.4) is 0 Å². The zero-order valence-corrected chi connectivity index (χ0v) is 12.2. The molecule has 3 heteroatoms. The standard InChI is InChI=1S/C15H26N2O/c1-12(2)18-14-9-7-6-8-13(14)16-10-11-17-15(3,4)5/h6-9,12,16-17H,10-11H2,1-5H3. The highest BCUT2D eigenvalue weighted by atomic mass is 16.5. The van der Waals surface area contributed by atoms with Crippen molar-refractivity contribution in [2.24, 2.45) is 0 Å². The third kappa shape index (κ3) is 5.92. The summed E-state index contributed by atoms with van der Waals surface area (Å²) in [4.78, 5) is 0. The predicted molar refractivity (Wildman–Crippen MR) is 78.5 cm³/mol. The minimum atomic E-state index is 0.162. The first kappa shape index (κ1) is 14.8. The fourth-order valence-corrected chi connectivity index (χ4v) is 1.60. The minimum Gasteiger partial charge on any atom is -0.489 e. The number of benzene rings is 1. The lowest BCUT2D eigenvalue weighted by Crippen LogP contribution is -2.38. The van der Waals surface area contributed by atoms with Gasteiger partial charge in [0.1, 0.15) is 5.75 Å². The van der Waals surface area contributed by atoms with Crippen LogP contribution in [0.1, 0.15) is 34.6 Å². The summed E-state index contributed by atoms with van der Waals surface area (Å²) in [6.07, 6.45) is 0.195. The first-order chi connectivity index (χ1) is 8.38. The molecule has 1 aromatic carbocycles. The van der Waals surface area contributed by atoms with E-state index >= 15 is 0 Å². The molecule has 1 aromatic rings. The van der Waals surface area contributed by atoms with Crippen molar-refractivity contribution in [3.8, 4) is 5.75 Å². The lowest BCUT2D eigenvalue weighted by Gasteiger charge is -2.21. The van der Waals surface area contributed by atoms with Gasteiger partial charge in [-0.25, -0.2) is 0 Å². The number of hydrogen-bond acceptors (Lipinski definition) is 3. The van der Waals surface area contributed by atoms with Crippen LogP contribution in [-0.4, -0.2) is 24.7 Å². The molecule has 0 amide bonds. The molecule has 0 bridgehead atoms. The van der Waals surface area contributed by atoms with Gasteiger partial charge in [0.2, 0.25) is 0 Å². The lowest BCUT2D eigenvalue weighted by atomic mass is 10.1. The fraction of sp³-hybridized carbons (Fsp3) is 0.600. The summed E-state index contributed by atoms with van der Waals surface area (Å²) >= 11 is 0. The Kier molecular flexibility index (Phi) is 5.48. The van der Waals surface area contributed by atoms with Gasteiger partial charge >= 0.3 is 0 Å². The van der Waals surface area contributed by atoms with Crippen LogP contribution >= 0.6 is 0 Å². The van der Waals surface area contributed by atoms with Gasteiger partial charge in [0.05, 0.1) is 11.8 Å². The maximum atomic E-state index is 5.76. The predicted octanol–water partition coefficient (Wildman–Crippen LogP) is 3.27. The topological polar surface area (TPSA) is 33.3 Å². The molecular formula is C15H26N2O. The Hall–Kier alpha value is -1.22. The number of anilines is 1. The highest BCUT2D eigenvalue weighted by molar-refractivity contribution is 5.56. The van der Waals surface area contributed by atoms with E-state index in [0.29, 0.717) is 0 Å². The van der Waals surface area contributed by atoms with Crippen molar-refractivity contribution in [2.45, 2.75) is 46.3 Å². The van der Waals surface area contributed by atoms with Crippen molar-refractivity contribution >= 4 is 5.69 Å². The van der Waals surface area contributed by atoms with Crippen molar-refractivity contribution in [3.63, 3.8) is 0 Å². The summed E-state index contributed by atoms with van der Waals surface area (Å²) in [6.45, 7) is 12.4. The summed E-state index contributed by atoms with van der Waals surface area (Å²) in [5, 5.41) is 6.85. The molecule has 0 aliphatic carbocycles. The molecular weight excluding hydrogens is 224 g/mol. The van der Waals surface area contributed by atoms with Gasteiger partial charge in [-0.3, -0.25) is 0 Å². The van der Waals surface area contributed by atoms with Crippen molar-refractivity contribution < 1.29 is 4.74 Å². The number of nitrogens with one attached hydrogen (secondary N) is 2. The van der Waals surface area contributed by atoms with E-state index in [1.165, 1.54) is 0 Å². The molecule has 0 saturated heterocycles. The van der Waals surface area contributed by atoms with Crippen LogP contribution in [0, 0.1) is 0 Å². The van der Waals surface area contributed by atoms with Crippen LogP contribution in [0.2, 0.25) is 0 Å². The summed E-state index contributed by atoms with van der Waals surface area (Å²) in [5.74, 6) is 0.920. The molecule has 0 radical (unpaired) electrons. The highest BCUT2D eigenvalue weighted by Gasteiger charge is 2.08. The van der Waals surface area contributed by atoms with Gasteiger partial charge in [0.15, 0.2) is 0 Å². The smallest absolute Gasteiger partial charge is 0.142 e. The molecule has 0 saturated carbocycles. The van der Waals surface area contributed by atoms with Crippen LogP contribution in [-0.2, 0) is 0 Å². The highest BCUT2D eigenvalue weighted by Crippen LogP contribution is 2.24. The molecule has 0 aliphatic heterocycles. The van der Waals surface area contributed by atoms with E-state index in [1.54, 1.807) is 0 Å². The Morgan fingerprint density at radius 3 is 2.39 bits per heavy atom. The second-order valence-electron chi connectivity index (χ2n) is 5.77. The Morgan fingerprint density at radius 1 is 1.11 bits per heavy atom. The van der Waals surface area contributed by atoms with E-state index in [1.807, 2.05) is 32.0 Å². The Balaban J connectivity index is 2.46. The van der Waals surface area contributed by atoms with Gasteiger partial charge in [-0.1, -0.05) is 12.1 Å². The maximum Gasteiger partial charge on any atom is 0.142 e. The van der Waals surface area contributed by atoms with Crippen LogP contribution in [0.4, 0.5) is 5.69 Å². The van der Waals surface area contributed by atoms with Crippen molar-refractivity contribution in [1.82, 2.24) is 5.32 Å². The van der Waals surface area contributed by atoms with Crippen molar-refractivity contribution in [2.75, 3.05) is 18.4 Å². The molecule has 3 nitrogen and oxygen atoms in total. The largest absolute Gasteiger partial charge is 0.489 e. The number of ether oxygens (including phenoxy) is 1. The quantitative estimate of drug-likeness (QED) is 0.760. The number of hydrogen-bond donors (Lipinski definition) is 2. The van der Waals surface area contributed by atoms with Gasteiger partial charge in [0.25, 0.3) is 0 Å². The van der Waals surface area contributed by atoms with E-state index < -0.39 is 0 Å². The third-order valence-electron chi connectivity index (χ3n) is 2.35. The van der Waals surface area contributed by atoms with Crippen LogP contribution < -0.4 is 15.4 Å². The molecule has 1 rings (SSSR count). The van der Waals surface area contributed by atoms with E-state index in [4.69, 9.17) is 4.74 Å². The minimum absolute atomic E-state index is 0.162. The van der Waals surface area contributed by atoms with Gasteiger partial charge in [0, 0.05) is 18.6 Å². The summed E-state index contributed by atoms with van der Waals surface area (Å²) in [7, 11) is 0. The zero-order valence-electron chi connectivity index (χ0n) is 12.2. The van der Waals surface area contributed by atoms with Crippen molar-refractivity contribution in [1.29, 1.82) is 0 Å². The second kappa shape index (κ2) is 6.64. The molecule has 2 N–H and O–H groups in total. The summed E-state index contributed by atoms with van der Waals surface area (Å²) in [6, 6.07) is 8.07. The fourth-order valence-electron chi connectivity index (χ4n) is 1.60. The third-order valence-corrected chi connectivity index (χ3v) is 2.35. The van der Waals surface area contributed by atoms with E-state index in [0.717, 1.165) is 24.5 Å². The number of rotatable bonds is 6. The van der Waals surface area contributed by atoms with Crippen LogP contribution in [0.15, 0.2) is 24.3 Å². The molecule has 0 unspecified atom stereocenters. The van der Waals surface area contributed by atoms with Gasteiger partial charge in [-0.2, -0.15) is 0 Å². The van der Waals surface area contributed by atoms with E-state index in [-0.39, 0.29) is 11.6 Å². The summed E-state index contributed by atoms with van der Waals surface area (Å²) in [5.41, 5.74) is 1.22. The van der Waals surface area contributed by atoms with Gasteiger partial charge < -0.3 is 15.4 Å². The molecule has 0 spiro atoms. The average molecular weight is 250 g/mol. The molecule has 0 aliphatic rings. The number of para-hydroxylation sites is 2. The molecule has 0 fully saturated rings. The monoisotopic (exact) mass is 250 g/mol. The lowest BCUT2D eigenvalue weighted by molar-refractivity contribution is 0.243. The molecule has 0 aromatic heterocycles. The SMILES string of the molecule is CC(C)Oc1ccccc1NCCNC(C)(C)C. The van der Waals surface area contributed by atoms with Gasteiger partial charge in [-0.05, 0) is 46.8 Å². The normalized spacial score (nSPS) is 11.7. The van der Waals surface area contributed by atoms with Gasteiger partial charge in [-0.15, -0.1) is 0 Å². The Labute approximate surface area is 111 Å².